The van der Waals surface area contributed by atoms with Gasteiger partial charge in [-0.2, -0.15) is 0 Å². The van der Waals surface area contributed by atoms with E-state index in [0.717, 1.165) is 43.3 Å². The van der Waals surface area contributed by atoms with Gasteiger partial charge in [0.2, 0.25) is 5.91 Å². The lowest BCUT2D eigenvalue weighted by atomic mass is 9.96. The number of hydrazine groups is 1. The lowest BCUT2D eigenvalue weighted by Crippen LogP contribution is -2.48. The lowest BCUT2D eigenvalue weighted by molar-refractivity contribution is -0.134. The number of carbonyl (C=O) groups excluding carboxylic acids is 1. The number of nitrogens with one attached hydrogen (secondary N) is 3. The molecule has 2 saturated heterocycles. The minimum atomic E-state index is -0.212. The van der Waals surface area contributed by atoms with E-state index in [9.17, 15) is 4.79 Å². The SMILES string of the molecule is Cc1ccc(C2CC(C(=O)N3CCCC(c4ncc[nH]4)C3)NN2)o1. The fourth-order valence-electron chi connectivity index (χ4n) is 3.67. The highest BCUT2D eigenvalue weighted by molar-refractivity contribution is 5.82. The molecule has 4 rings (SSSR count). The third kappa shape index (κ3) is 2.97. The van der Waals surface area contributed by atoms with Crippen LogP contribution in [0, 0.1) is 6.92 Å². The maximum absolute atomic E-state index is 12.9. The van der Waals surface area contributed by atoms with E-state index in [2.05, 4.69) is 20.8 Å². The molecule has 0 saturated carbocycles. The van der Waals surface area contributed by atoms with E-state index in [-0.39, 0.29) is 18.0 Å². The van der Waals surface area contributed by atoms with Crippen molar-refractivity contribution in [3.63, 3.8) is 0 Å². The van der Waals surface area contributed by atoms with E-state index in [1.165, 1.54) is 0 Å². The van der Waals surface area contributed by atoms with Crippen molar-refractivity contribution in [2.45, 2.75) is 44.2 Å². The van der Waals surface area contributed by atoms with Gasteiger partial charge >= 0.3 is 0 Å². The largest absolute Gasteiger partial charge is 0.465 e. The fourth-order valence-corrected chi connectivity index (χ4v) is 3.67. The zero-order valence-corrected chi connectivity index (χ0v) is 13.8. The van der Waals surface area contributed by atoms with Gasteiger partial charge < -0.3 is 14.3 Å². The van der Waals surface area contributed by atoms with E-state index in [0.29, 0.717) is 12.3 Å². The molecule has 7 heteroatoms. The van der Waals surface area contributed by atoms with E-state index in [1.807, 2.05) is 30.2 Å². The zero-order valence-electron chi connectivity index (χ0n) is 13.8. The molecule has 0 aromatic carbocycles. The quantitative estimate of drug-likeness (QED) is 0.797. The van der Waals surface area contributed by atoms with Crippen LogP contribution < -0.4 is 10.9 Å². The van der Waals surface area contributed by atoms with Crippen molar-refractivity contribution in [3.8, 4) is 0 Å². The van der Waals surface area contributed by atoms with Gasteiger partial charge in [-0.1, -0.05) is 0 Å². The summed E-state index contributed by atoms with van der Waals surface area (Å²) in [6, 6.07) is 3.74. The van der Waals surface area contributed by atoms with Gasteiger partial charge in [-0.05, 0) is 38.3 Å². The third-order valence-electron chi connectivity index (χ3n) is 4.95. The van der Waals surface area contributed by atoms with E-state index < -0.39 is 0 Å². The molecule has 1 amide bonds. The first-order valence-electron chi connectivity index (χ1n) is 8.56. The average Bonchev–Trinajstić information content (AvgIpc) is 3.35. The molecule has 2 aliphatic heterocycles. The third-order valence-corrected chi connectivity index (χ3v) is 4.95. The number of aryl methyl sites for hydroxylation is 1. The van der Waals surface area contributed by atoms with Crippen LogP contribution in [0.5, 0.6) is 0 Å². The van der Waals surface area contributed by atoms with Crippen LogP contribution in [0.15, 0.2) is 28.9 Å². The Kier molecular flexibility index (Phi) is 4.12. The fraction of sp³-hybridized carbons (Fsp3) is 0.529. The molecule has 2 aromatic heterocycles. The number of likely N-dealkylation sites (tertiary alicyclic amines) is 1. The second-order valence-electron chi connectivity index (χ2n) is 6.68. The Bertz CT molecular complexity index is 696. The van der Waals surface area contributed by atoms with Crippen molar-refractivity contribution in [1.29, 1.82) is 0 Å². The molecule has 2 aromatic rings. The average molecular weight is 329 g/mol. The molecule has 0 aliphatic carbocycles. The normalized spacial score (nSPS) is 27.5. The van der Waals surface area contributed by atoms with Crippen molar-refractivity contribution in [2.75, 3.05) is 13.1 Å². The number of nitrogens with zero attached hydrogens (tertiary/aromatic N) is 2. The van der Waals surface area contributed by atoms with Crippen LogP contribution >= 0.6 is 0 Å². The monoisotopic (exact) mass is 329 g/mol. The van der Waals surface area contributed by atoms with Crippen LogP contribution in [0.1, 0.15) is 48.6 Å². The highest BCUT2D eigenvalue weighted by Crippen LogP contribution is 2.28. The molecule has 3 unspecified atom stereocenters. The number of imidazole rings is 1. The molecule has 0 spiro atoms. The summed E-state index contributed by atoms with van der Waals surface area (Å²) < 4.78 is 5.67. The van der Waals surface area contributed by atoms with Crippen molar-refractivity contribution in [3.05, 3.63) is 41.9 Å². The molecule has 0 radical (unpaired) electrons. The maximum Gasteiger partial charge on any atom is 0.241 e. The summed E-state index contributed by atoms with van der Waals surface area (Å²) in [5.41, 5.74) is 6.32. The highest BCUT2D eigenvalue weighted by Gasteiger charge is 2.36. The Morgan fingerprint density at radius 2 is 2.29 bits per heavy atom. The van der Waals surface area contributed by atoms with Gasteiger partial charge in [-0.3, -0.25) is 4.79 Å². The van der Waals surface area contributed by atoms with Gasteiger partial charge in [0.15, 0.2) is 0 Å². The van der Waals surface area contributed by atoms with E-state index in [4.69, 9.17) is 4.42 Å². The summed E-state index contributed by atoms with van der Waals surface area (Å²) >= 11 is 0. The first-order chi connectivity index (χ1) is 11.7. The Labute approximate surface area is 140 Å². The number of rotatable bonds is 3. The van der Waals surface area contributed by atoms with Gasteiger partial charge in [0.25, 0.3) is 0 Å². The summed E-state index contributed by atoms with van der Waals surface area (Å²) in [7, 11) is 0. The van der Waals surface area contributed by atoms with Crippen molar-refractivity contribution in [2.24, 2.45) is 0 Å². The van der Waals surface area contributed by atoms with Gasteiger partial charge in [0, 0.05) is 31.4 Å². The lowest BCUT2D eigenvalue weighted by Gasteiger charge is -2.33. The minimum absolute atomic E-state index is 0.0401. The predicted molar refractivity (Wildman–Crippen MR) is 88.0 cm³/mol. The van der Waals surface area contributed by atoms with Crippen LogP contribution in [-0.2, 0) is 4.79 Å². The molecule has 128 valence electrons. The first kappa shape index (κ1) is 15.4. The van der Waals surface area contributed by atoms with Crippen molar-refractivity contribution in [1.82, 2.24) is 25.7 Å². The number of carbonyl (C=O) groups is 1. The Balaban J connectivity index is 1.39. The summed E-state index contributed by atoms with van der Waals surface area (Å²) in [5.74, 6) is 3.20. The maximum atomic E-state index is 12.9. The van der Waals surface area contributed by atoms with Crippen LogP contribution in [0.25, 0.3) is 0 Å². The van der Waals surface area contributed by atoms with Crippen LogP contribution in [0.4, 0.5) is 0 Å². The highest BCUT2D eigenvalue weighted by atomic mass is 16.3. The topological polar surface area (TPSA) is 86.2 Å². The second kappa shape index (κ2) is 6.41. The number of hydrogen-bond acceptors (Lipinski definition) is 5. The summed E-state index contributed by atoms with van der Waals surface area (Å²) in [6.07, 6.45) is 6.40. The predicted octanol–water partition coefficient (Wildman–Crippen LogP) is 1.62. The molecule has 2 aliphatic rings. The van der Waals surface area contributed by atoms with Crippen LogP contribution in [-0.4, -0.2) is 39.9 Å². The van der Waals surface area contributed by atoms with Gasteiger partial charge in [-0.15, -0.1) is 0 Å². The molecule has 0 bridgehead atoms. The molecular formula is C17H23N5O2. The Morgan fingerprint density at radius 3 is 3.04 bits per heavy atom. The minimum Gasteiger partial charge on any atom is -0.465 e. The molecule has 7 nitrogen and oxygen atoms in total. The van der Waals surface area contributed by atoms with Crippen LogP contribution in [0.3, 0.4) is 0 Å². The summed E-state index contributed by atoms with van der Waals surface area (Å²) in [4.78, 5) is 22.4. The molecule has 2 fully saturated rings. The molecule has 3 atom stereocenters. The Hall–Kier alpha value is -2.12. The summed E-state index contributed by atoms with van der Waals surface area (Å²) in [5, 5.41) is 0. The molecular weight excluding hydrogens is 306 g/mol. The van der Waals surface area contributed by atoms with Crippen molar-refractivity contribution >= 4 is 5.91 Å². The van der Waals surface area contributed by atoms with Crippen molar-refractivity contribution < 1.29 is 9.21 Å². The van der Waals surface area contributed by atoms with E-state index >= 15 is 0 Å². The smallest absolute Gasteiger partial charge is 0.241 e. The second-order valence-corrected chi connectivity index (χ2v) is 6.68. The number of aromatic nitrogens is 2. The number of hydrogen-bond donors (Lipinski definition) is 3. The number of aromatic amines is 1. The first-order valence-corrected chi connectivity index (χ1v) is 8.56. The number of furan rings is 1. The van der Waals surface area contributed by atoms with Gasteiger partial charge in [-0.25, -0.2) is 15.8 Å². The molecule has 4 heterocycles. The van der Waals surface area contributed by atoms with Gasteiger partial charge in [0.05, 0.1) is 6.04 Å². The van der Waals surface area contributed by atoms with E-state index in [1.54, 1.807) is 6.20 Å². The number of amides is 1. The van der Waals surface area contributed by atoms with Crippen LogP contribution in [0.2, 0.25) is 0 Å². The Morgan fingerprint density at radius 1 is 1.38 bits per heavy atom. The molecule has 24 heavy (non-hydrogen) atoms. The summed E-state index contributed by atoms with van der Waals surface area (Å²) in [6.45, 7) is 3.48. The molecule has 3 N–H and O–H groups in total. The number of H-pyrrole nitrogens is 1. The standard InChI is InChI=1S/C17H23N5O2/c1-11-4-5-15(24-11)13-9-14(21-20-13)17(23)22-8-2-3-12(10-22)16-18-6-7-19-16/h4-7,12-14,20-21H,2-3,8-10H2,1H3,(H,18,19). The van der Waals surface area contributed by atoms with Gasteiger partial charge in [0.1, 0.15) is 23.4 Å². The number of piperidine rings is 1. The zero-order chi connectivity index (χ0) is 16.5.